The Hall–Kier alpha value is -0.390. The van der Waals surface area contributed by atoms with E-state index < -0.39 is 0 Å². The quantitative estimate of drug-likeness (QED) is 0.338. The molecule has 0 bridgehead atoms. The van der Waals surface area contributed by atoms with Crippen molar-refractivity contribution in [1.29, 1.82) is 0 Å². The first-order valence-electron chi connectivity index (χ1n) is 8.83. The van der Waals surface area contributed by atoms with Gasteiger partial charge in [0.15, 0.2) is 6.29 Å². The Balaban J connectivity index is 2.74. The molecule has 1 aliphatic rings. The molecule has 4 unspecified atom stereocenters. The number of nitrogens with zero attached hydrogens (tertiary/aromatic N) is 1. The van der Waals surface area contributed by atoms with Gasteiger partial charge in [-0.1, -0.05) is 42.3 Å². The molecule has 134 valence electrons. The number of hydrogen-bond donors (Lipinski definition) is 0. The summed E-state index contributed by atoms with van der Waals surface area (Å²) >= 11 is 3.49. The van der Waals surface area contributed by atoms with E-state index in [2.05, 4.69) is 29.4 Å². The number of hydrogen-bond acceptors (Lipinski definition) is 3. The number of carbonyl (C=O) groups is 1. The molecular formula is C18H32BrNO3. The van der Waals surface area contributed by atoms with Gasteiger partial charge in [0.05, 0.1) is 24.1 Å². The van der Waals surface area contributed by atoms with Crippen LogP contribution >= 0.6 is 15.9 Å². The second-order valence-electron chi connectivity index (χ2n) is 6.21. The van der Waals surface area contributed by atoms with Gasteiger partial charge in [-0.25, -0.2) is 0 Å². The van der Waals surface area contributed by atoms with E-state index in [0.29, 0.717) is 25.7 Å². The fourth-order valence-corrected chi connectivity index (χ4v) is 3.00. The summed E-state index contributed by atoms with van der Waals surface area (Å²) in [7, 11) is 0. The Bertz CT molecular complexity index is 364. The number of unbranched alkanes of at least 4 members (excludes halogenated alkanes) is 1. The second-order valence-corrected chi connectivity index (χ2v) is 7.32. The van der Waals surface area contributed by atoms with Crippen molar-refractivity contribution in [2.24, 2.45) is 5.92 Å². The van der Waals surface area contributed by atoms with Crippen molar-refractivity contribution < 1.29 is 14.3 Å². The van der Waals surface area contributed by atoms with Gasteiger partial charge in [0.1, 0.15) is 0 Å². The van der Waals surface area contributed by atoms with Gasteiger partial charge in [-0.3, -0.25) is 4.79 Å². The highest BCUT2D eigenvalue weighted by Crippen LogP contribution is 2.21. The van der Waals surface area contributed by atoms with E-state index in [9.17, 15) is 4.79 Å². The highest BCUT2D eigenvalue weighted by Gasteiger charge is 2.32. The molecule has 0 aromatic carbocycles. The van der Waals surface area contributed by atoms with Crippen molar-refractivity contribution in [3.63, 3.8) is 0 Å². The Morgan fingerprint density at radius 2 is 2.17 bits per heavy atom. The lowest BCUT2D eigenvalue weighted by Crippen LogP contribution is -2.50. The zero-order chi connectivity index (χ0) is 17.2. The van der Waals surface area contributed by atoms with Crippen molar-refractivity contribution in [3.8, 4) is 0 Å². The van der Waals surface area contributed by atoms with Crippen LogP contribution in [0.4, 0.5) is 0 Å². The van der Waals surface area contributed by atoms with E-state index in [1.807, 2.05) is 24.8 Å². The molecule has 0 aliphatic carbocycles. The van der Waals surface area contributed by atoms with Gasteiger partial charge < -0.3 is 14.4 Å². The maximum atomic E-state index is 12.7. The lowest BCUT2D eigenvalue weighted by molar-refractivity contribution is -0.172. The molecule has 1 heterocycles. The standard InChI is InChI=1S/C18H32BrNO3/c1-5-8-9-11-20(17(21)16(19)7-3)14(4)18-22-12-10-15(6-2)13-23-18/h5,14-16,18H,1,6-13H2,2-4H3. The summed E-state index contributed by atoms with van der Waals surface area (Å²) in [6.07, 6.45) is 6.27. The molecule has 1 fully saturated rings. The predicted molar refractivity (Wildman–Crippen MR) is 97.7 cm³/mol. The van der Waals surface area contributed by atoms with E-state index in [4.69, 9.17) is 9.47 Å². The third-order valence-electron chi connectivity index (χ3n) is 4.48. The lowest BCUT2D eigenvalue weighted by atomic mass is 10.1. The van der Waals surface area contributed by atoms with Crippen molar-refractivity contribution in [1.82, 2.24) is 4.90 Å². The van der Waals surface area contributed by atoms with Crippen LogP contribution in [0, 0.1) is 5.92 Å². The first-order valence-corrected chi connectivity index (χ1v) is 9.75. The lowest BCUT2D eigenvalue weighted by Gasteiger charge is -2.35. The number of ether oxygens (including phenoxy) is 2. The molecule has 0 saturated carbocycles. The Kier molecular flexibility index (Phi) is 10.1. The highest BCUT2D eigenvalue weighted by atomic mass is 79.9. The van der Waals surface area contributed by atoms with Crippen LogP contribution in [0.2, 0.25) is 0 Å². The number of alkyl halides is 1. The Labute approximate surface area is 149 Å². The van der Waals surface area contributed by atoms with Crippen LogP contribution in [-0.4, -0.2) is 47.7 Å². The molecular weight excluding hydrogens is 358 g/mol. The van der Waals surface area contributed by atoms with Gasteiger partial charge in [-0.2, -0.15) is 0 Å². The average molecular weight is 390 g/mol. The zero-order valence-electron chi connectivity index (χ0n) is 14.8. The molecule has 23 heavy (non-hydrogen) atoms. The van der Waals surface area contributed by atoms with Crippen molar-refractivity contribution >= 4 is 21.8 Å². The summed E-state index contributed by atoms with van der Waals surface area (Å²) in [6.45, 7) is 12.1. The minimum atomic E-state index is -0.337. The molecule has 1 aliphatic heterocycles. The van der Waals surface area contributed by atoms with Gasteiger partial charge in [0.25, 0.3) is 0 Å². The van der Waals surface area contributed by atoms with E-state index in [0.717, 1.165) is 32.1 Å². The normalized spacial score (nSPS) is 24.5. The molecule has 0 aromatic heterocycles. The van der Waals surface area contributed by atoms with Gasteiger partial charge in [-0.05, 0) is 38.5 Å². The van der Waals surface area contributed by atoms with Gasteiger partial charge in [0.2, 0.25) is 5.91 Å². The van der Waals surface area contributed by atoms with Crippen LogP contribution < -0.4 is 0 Å². The van der Waals surface area contributed by atoms with Crippen molar-refractivity contribution in [3.05, 3.63) is 12.7 Å². The first-order chi connectivity index (χ1) is 11.0. The predicted octanol–water partition coefficient (Wildman–Crippen LogP) is 4.13. The van der Waals surface area contributed by atoms with E-state index in [1.165, 1.54) is 0 Å². The maximum Gasteiger partial charge on any atom is 0.236 e. The summed E-state index contributed by atoms with van der Waals surface area (Å²) in [5, 5.41) is 0. The SMILES string of the molecule is C=CCCCN(C(=O)C(Br)CC)C(C)C1OCCC(CC)CO1. The van der Waals surface area contributed by atoms with Crippen LogP contribution in [0.25, 0.3) is 0 Å². The number of allylic oxidation sites excluding steroid dienone is 1. The van der Waals surface area contributed by atoms with Crippen LogP contribution in [0.15, 0.2) is 12.7 Å². The largest absolute Gasteiger partial charge is 0.350 e. The second kappa shape index (κ2) is 11.2. The summed E-state index contributed by atoms with van der Waals surface area (Å²) in [4.78, 5) is 14.5. The van der Waals surface area contributed by atoms with E-state index in [-0.39, 0.29) is 23.1 Å². The molecule has 0 N–H and O–H groups in total. The molecule has 0 aromatic rings. The molecule has 4 nitrogen and oxygen atoms in total. The molecule has 1 amide bonds. The molecule has 5 heteroatoms. The summed E-state index contributed by atoms with van der Waals surface area (Å²) in [6, 6.07) is -0.0884. The maximum absolute atomic E-state index is 12.7. The van der Waals surface area contributed by atoms with Gasteiger partial charge >= 0.3 is 0 Å². The monoisotopic (exact) mass is 389 g/mol. The third kappa shape index (κ3) is 6.55. The topological polar surface area (TPSA) is 38.8 Å². The molecule has 1 rings (SSSR count). The van der Waals surface area contributed by atoms with Crippen LogP contribution in [0.1, 0.15) is 52.9 Å². The van der Waals surface area contributed by atoms with Crippen LogP contribution in [0.3, 0.4) is 0 Å². The minimum Gasteiger partial charge on any atom is -0.350 e. The number of carbonyl (C=O) groups excluding carboxylic acids is 1. The average Bonchev–Trinajstić information content (AvgIpc) is 2.82. The van der Waals surface area contributed by atoms with Crippen molar-refractivity contribution in [2.75, 3.05) is 19.8 Å². The van der Waals surface area contributed by atoms with Crippen molar-refractivity contribution in [2.45, 2.75) is 70.0 Å². The zero-order valence-corrected chi connectivity index (χ0v) is 16.4. The number of rotatable bonds is 9. The smallest absolute Gasteiger partial charge is 0.236 e. The van der Waals surface area contributed by atoms with E-state index in [1.54, 1.807) is 0 Å². The van der Waals surface area contributed by atoms with Gasteiger partial charge in [-0.15, -0.1) is 6.58 Å². The first kappa shape index (κ1) is 20.7. The van der Waals surface area contributed by atoms with Crippen LogP contribution in [0.5, 0.6) is 0 Å². The fourth-order valence-electron chi connectivity index (χ4n) is 2.74. The third-order valence-corrected chi connectivity index (χ3v) is 5.52. The van der Waals surface area contributed by atoms with E-state index >= 15 is 0 Å². The minimum absolute atomic E-state index is 0.0884. The van der Waals surface area contributed by atoms with Crippen LogP contribution in [-0.2, 0) is 14.3 Å². The number of amides is 1. The highest BCUT2D eigenvalue weighted by molar-refractivity contribution is 9.10. The molecule has 0 radical (unpaired) electrons. The molecule has 0 spiro atoms. The Morgan fingerprint density at radius 1 is 1.43 bits per heavy atom. The summed E-state index contributed by atoms with van der Waals surface area (Å²) in [5.74, 6) is 0.671. The fraction of sp³-hybridized carbons (Fsp3) is 0.833. The van der Waals surface area contributed by atoms with Gasteiger partial charge in [0, 0.05) is 6.54 Å². The molecule has 4 atom stereocenters. The summed E-state index contributed by atoms with van der Waals surface area (Å²) < 4.78 is 11.9. The molecule has 1 saturated heterocycles. The Morgan fingerprint density at radius 3 is 2.78 bits per heavy atom. The summed E-state index contributed by atoms with van der Waals surface area (Å²) in [5.41, 5.74) is 0. The number of halogens is 1.